The lowest BCUT2D eigenvalue weighted by atomic mass is 10.3. The maximum absolute atomic E-state index is 7.08. The van der Waals surface area contributed by atoms with Crippen molar-refractivity contribution in [3.63, 3.8) is 0 Å². The van der Waals surface area contributed by atoms with E-state index in [9.17, 15) is 0 Å². The lowest BCUT2D eigenvalue weighted by Gasteiger charge is -2.11. The summed E-state index contributed by atoms with van der Waals surface area (Å²) < 4.78 is 0. The van der Waals surface area contributed by atoms with E-state index in [1.54, 1.807) is 34.9 Å². The molecular formula is C22H16N4S3. The van der Waals surface area contributed by atoms with Crippen LogP contribution in [0.2, 0.25) is 0 Å². The molecule has 4 nitrogen and oxygen atoms in total. The van der Waals surface area contributed by atoms with Crippen LogP contribution < -0.4 is 5.32 Å². The quantitative estimate of drug-likeness (QED) is 0.321. The summed E-state index contributed by atoms with van der Waals surface area (Å²) >= 11 is 4.87. The number of pyridine rings is 1. The molecule has 0 atom stereocenters. The molecule has 2 heterocycles. The summed E-state index contributed by atoms with van der Waals surface area (Å²) in [5.74, 6) is 0.793. The van der Waals surface area contributed by atoms with E-state index >= 15 is 0 Å². The van der Waals surface area contributed by atoms with Gasteiger partial charge < -0.3 is 5.32 Å². The Morgan fingerprint density at radius 2 is 1.72 bits per heavy atom. The Hall–Kier alpha value is -2.79. The van der Waals surface area contributed by atoms with E-state index in [0.717, 1.165) is 36.2 Å². The maximum atomic E-state index is 7.08. The van der Waals surface area contributed by atoms with Gasteiger partial charge in [-0.05, 0) is 25.1 Å². The highest BCUT2D eigenvalue weighted by Crippen LogP contribution is 2.38. The first kappa shape index (κ1) is 19.5. The Kier molecular flexibility index (Phi) is 6.15. The summed E-state index contributed by atoms with van der Waals surface area (Å²) in [4.78, 5) is 16.9. The fourth-order valence-electron chi connectivity index (χ4n) is 2.51. The molecule has 0 aliphatic rings. The number of thiazole rings is 1. The van der Waals surface area contributed by atoms with Gasteiger partial charge in [-0.2, -0.15) is 0 Å². The number of nitrogens with zero attached hydrogens (tertiary/aromatic N) is 3. The van der Waals surface area contributed by atoms with Crippen LogP contribution >= 0.6 is 34.9 Å². The monoisotopic (exact) mass is 432 g/mol. The standard InChI is InChI=1S/C22H16N4S3/c1-15-14-27-22(25-15)26-21-20(29-17-6-4-3-5-7-17)12-19(13-24-21)28-18-10-8-16(23-2)9-11-18/h3-14H,1H3,(H,24,25,26). The highest BCUT2D eigenvalue weighted by molar-refractivity contribution is 8.00. The SMILES string of the molecule is [C-]#[N+]c1ccc(Sc2cnc(Nc3nc(C)cs3)c(Sc3ccccc3)c2)cc1. The number of aryl methyl sites for hydroxylation is 1. The molecule has 0 aliphatic carbocycles. The zero-order valence-corrected chi connectivity index (χ0v) is 17.9. The molecule has 0 saturated heterocycles. The highest BCUT2D eigenvalue weighted by atomic mass is 32.2. The van der Waals surface area contributed by atoms with Crippen LogP contribution in [0.4, 0.5) is 16.6 Å². The molecule has 4 aromatic rings. The third kappa shape index (κ3) is 5.18. The Morgan fingerprint density at radius 3 is 2.41 bits per heavy atom. The lowest BCUT2D eigenvalue weighted by molar-refractivity contribution is 1.14. The molecule has 0 amide bonds. The summed E-state index contributed by atoms with van der Waals surface area (Å²) in [5, 5.41) is 6.20. The van der Waals surface area contributed by atoms with Crippen molar-refractivity contribution in [2.45, 2.75) is 26.5 Å². The molecule has 0 spiro atoms. The summed E-state index contributed by atoms with van der Waals surface area (Å²) in [6.45, 7) is 9.06. The van der Waals surface area contributed by atoms with Gasteiger partial charge in [0.2, 0.25) is 0 Å². The maximum Gasteiger partial charge on any atom is 0.188 e. The molecule has 29 heavy (non-hydrogen) atoms. The number of nitrogens with one attached hydrogen (secondary N) is 1. The summed E-state index contributed by atoms with van der Waals surface area (Å²) in [5.41, 5.74) is 1.64. The Balaban J connectivity index is 1.63. The van der Waals surface area contributed by atoms with Crippen LogP contribution in [-0.4, -0.2) is 9.97 Å². The molecule has 0 saturated carbocycles. The van der Waals surface area contributed by atoms with Crippen molar-refractivity contribution >= 4 is 51.5 Å². The number of aromatic nitrogens is 2. The fourth-order valence-corrected chi connectivity index (χ4v) is 5.03. The molecule has 2 aromatic carbocycles. The highest BCUT2D eigenvalue weighted by Gasteiger charge is 2.11. The van der Waals surface area contributed by atoms with Crippen molar-refractivity contribution in [2.75, 3.05) is 5.32 Å². The van der Waals surface area contributed by atoms with Gasteiger partial charge in [0, 0.05) is 26.3 Å². The molecule has 0 unspecified atom stereocenters. The van der Waals surface area contributed by atoms with Gasteiger partial charge >= 0.3 is 0 Å². The largest absolute Gasteiger partial charge is 0.315 e. The molecule has 0 fully saturated rings. The van der Waals surface area contributed by atoms with Gasteiger partial charge in [-0.25, -0.2) is 14.8 Å². The Labute approximate surface area is 182 Å². The minimum Gasteiger partial charge on any atom is -0.315 e. The van der Waals surface area contributed by atoms with E-state index in [0.29, 0.717) is 5.69 Å². The molecule has 2 aromatic heterocycles. The second-order valence-corrected chi connectivity index (χ2v) is 9.18. The van der Waals surface area contributed by atoms with E-state index in [4.69, 9.17) is 6.57 Å². The first-order valence-corrected chi connectivity index (χ1v) is 11.3. The second kappa shape index (κ2) is 9.14. The molecule has 7 heteroatoms. The van der Waals surface area contributed by atoms with E-state index in [-0.39, 0.29) is 0 Å². The van der Waals surface area contributed by atoms with Crippen LogP contribution in [0.1, 0.15) is 5.69 Å². The lowest BCUT2D eigenvalue weighted by Crippen LogP contribution is -1.96. The number of benzene rings is 2. The van der Waals surface area contributed by atoms with E-state index < -0.39 is 0 Å². The van der Waals surface area contributed by atoms with Crippen molar-refractivity contribution in [1.82, 2.24) is 9.97 Å². The average molecular weight is 433 g/mol. The van der Waals surface area contributed by atoms with Crippen molar-refractivity contribution in [3.8, 4) is 0 Å². The van der Waals surface area contributed by atoms with Crippen LogP contribution in [0.25, 0.3) is 4.85 Å². The van der Waals surface area contributed by atoms with Crippen LogP contribution in [0.3, 0.4) is 0 Å². The third-order valence-electron chi connectivity index (χ3n) is 3.84. The third-order valence-corrected chi connectivity index (χ3v) is 6.73. The van der Waals surface area contributed by atoms with Crippen molar-refractivity contribution in [1.29, 1.82) is 0 Å². The molecule has 0 aliphatic heterocycles. The van der Waals surface area contributed by atoms with Crippen molar-refractivity contribution in [2.24, 2.45) is 0 Å². The van der Waals surface area contributed by atoms with Gasteiger partial charge in [-0.1, -0.05) is 66.0 Å². The van der Waals surface area contributed by atoms with Crippen LogP contribution in [0, 0.1) is 13.5 Å². The number of rotatable bonds is 6. The van der Waals surface area contributed by atoms with Crippen LogP contribution in [-0.2, 0) is 0 Å². The summed E-state index contributed by atoms with van der Waals surface area (Å²) in [6.07, 6.45) is 1.87. The predicted octanol–water partition coefficient (Wildman–Crippen LogP) is 7.44. The van der Waals surface area contributed by atoms with Crippen molar-refractivity contribution in [3.05, 3.63) is 89.4 Å². The molecule has 4 rings (SSSR count). The zero-order valence-electron chi connectivity index (χ0n) is 15.5. The minimum atomic E-state index is 0.645. The molecule has 1 N–H and O–H groups in total. The Morgan fingerprint density at radius 1 is 0.966 bits per heavy atom. The second-order valence-electron chi connectivity index (χ2n) is 6.06. The Bertz CT molecular complexity index is 1150. The number of hydrogen-bond donors (Lipinski definition) is 1. The number of hydrogen-bond acceptors (Lipinski definition) is 6. The normalized spacial score (nSPS) is 10.5. The smallest absolute Gasteiger partial charge is 0.188 e. The first-order chi connectivity index (χ1) is 14.2. The summed E-state index contributed by atoms with van der Waals surface area (Å²) in [7, 11) is 0. The van der Waals surface area contributed by atoms with Crippen molar-refractivity contribution < 1.29 is 0 Å². The van der Waals surface area contributed by atoms with Gasteiger partial charge in [0.05, 0.1) is 17.2 Å². The van der Waals surface area contributed by atoms with Gasteiger partial charge in [-0.3, -0.25) is 0 Å². The van der Waals surface area contributed by atoms with Crippen LogP contribution in [0.5, 0.6) is 0 Å². The van der Waals surface area contributed by atoms with Gasteiger partial charge in [0.25, 0.3) is 0 Å². The van der Waals surface area contributed by atoms with Gasteiger partial charge in [0.15, 0.2) is 10.8 Å². The minimum absolute atomic E-state index is 0.645. The molecular weight excluding hydrogens is 416 g/mol. The molecule has 142 valence electrons. The fraction of sp³-hybridized carbons (Fsp3) is 0.0455. The average Bonchev–Trinajstić information content (AvgIpc) is 3.16. The molecule has 0 radical (unpaired) electrons. The first-order valence-electron chi connectivity index (χ1n) is 8.77. The van der Waals surface area contributed by atoms with Gasteiger partial charge in [0.1, 0.15) is 5.82 Å². The molecule has 0 bridgehead atoms. The summed E-state index contributed by atoms with van der Waals surface area (Å²) in [6, 6.07) is 20.0. The van der Waals surface area contributed by atoms with Gasteiger partial charge in [-0.15, -0.1) is 11.3 Å². The topological polar surface area (TPSA) is 42.2 Å². The van der Waals surface area contributed by atoms with E-state index in [2.05, 4.69) is 38.3 Å². The predicted molar refractivity (Wildman–Crippen MR) is 122 cm³/mol. The van der Waals surface area contributed by atoms with Crippen LogP contribution in [0.15, 0.2) is 91.8 Å². The number of anilines is 2. The zero-order chi connectivity index (χ0) is 20.1. The van der Waals surface area contributed by atoms with E-state index in [1.165, 1.54) is 0 Å². The van der Waals surface area contributed by atoms with E-state index in [1.807, 2.05) is 61.0 Å².